The largest absolute Gasteiger partial charge is 0.338 e. The number of anilines is 1. The lowest BCUT2D eigenvalue weighted by Crippen LogP contribution is -2.37. The van der Waals surface area contributed by atoms with Crippen molar-refractivity contribution in [3.8, 4) is 0 Å². The molecule has 1 aromatic heterocycles. The lowest BCUT2D eigenvalue weighted by Gasteiger charge is -2.31. The molecule has 20 heavy (non-hydrogen) atoms. The zero-order valence-electron chi connectivity index (χ0n) is 13.2. The number of H-pyrrole nitrogens is 1. The predicted molar refractivity (Wildman–Crippen MR) is 86.9 cm³/mol. The summed E-state index contributed by atoms with van der Waals surface area (Å²) in [5.41, 5.74) is 0. The molecule has 0 saturated heterocycles. The molecule has 0 unspecified atom stereocenters. The number of aromatic amines is 1. The van der Waals surface area contributed by atoms with Crippen LogP contribution in [-0.4, -0.2) is 27.4 Å². The normalized spacial score (nSPS) is 16.5. The first-order chi connectivity index (χ1) is 9.50. The molecule has 114 valence electrons. The van der Waals surface area contributed by atoms with E-state index in [1.165, 1.54) is 32.1 Å². The molecule has 4 nitrogen and oxygen atoms in total. The van der Waals surface area contributed by atoms with E-state index < -0.39 is 0 Å². The van der Waals surface area contributed by atoms with Crippen LogP contribution in [0.1, 0.15) is 65.8 Å². The van der Waals surface area contributed by atoms with E-state index in [1.54, 1.807) is 0 Å². The van der Waals surface area contributed by atoms with Crippen molar-refractivity contribution in [1.29, 1.82) is 0 Å². The Bertz CT molecular complexity index is 468. The molecule has 1 aliphatic carbocycles. The van der Waals surface area contributed by atoms with Gasteiger partial charge in [0.15, 0.2) is 4.77 Å². The van der Waals surface area contributed by atoms with Crippen LogP contribution >= 0.6 is 12.2 Å². The fourth-order valence-corrected chi connectivity index (χ4v) is 3.36. The highest BCUT2D eigenvalue weighted by atomic mass is 32.1. The van der Waals surface area contributed by atoms with E-state index in [9.17, 15) is 0 Å². The highest BCUT2D eigenvalue weighted by Crippen LogP contribution is 2.29. The maximum Gasteiger partial charge on any atom is 0.226 e. The van der Waals surface area contributed by atoms with E-state index in [2.05, 4.69) is 47.4 Å². The third kappa shape index (κ3) is 3.43. The summed E-state index contributed by atoms with van der Waals surface area (Å²) in [6.07, 6.45) is 6.46. The number of nitrogens with one attached hydrogen (secondary N) is 1. The monoisotopic (exact) mass is 296 g/mol. The molecule has 5 heteroatoms. The van der Waals surface area contributed by atoms with Gasteiger partial charge in [-0.1, -0.05) is 26.7 Å². The van der Waals surface area contributed by atoms with Gasteiger partial charge in [-0.25, -0.2) is 5.10 Å². The van der Waals surface area contributed by atoms with Crippen LogP contribution in [0.4, 0.5) is 5.95 Å². The summed E-state index contributed by atoms with van der Waals surface area (Å²) in [6, 6.07) is 0.982. The van der Waals surface area contributed by atoms with Gasteiger partial charge < -0.3 is 4.90 Å². The van der Waals surface area contributed by atoms with Crippen LogP contribution in [0, 0.1) is 10.7 Å². The lowest BCUT2D eigenvalue weighted by atomic mass is 10.1. The van der Waals surface area contributed by atoms with Crippen molar-refractivity contribution in [3.05, 3.63) is 4.77 Å². The van der Waals surface area contributed by atoms with Gasteiger partial charge in [-0.2, -0.15) is 0 Å². The molecule has 1 heterocycles. The maximum atomic E-state index is 5.40. The lowest BCUT2D eigenvalue weighted by molar-refractivity contribution is 0.499. The minimum atomic E-state index is 0.346. The smallest absolute Gasteiger partial charge is 0.226 e. The molecule has 0 radical (unpaired) electrons. The number of hydrogen-bond donors (Lipinski definition) is 1. The van der Waals surface area contributed by atoms with E-state index in [4.69, 9.17) is 12.2 Å². The summed E-state index contributed by atoms with van der Waals surface area (Å²) in [5.74, 6) is 1.76. The minimum Gasteiger partial charge on any atom is -0.338 e. The maximum absolute atomic E-state index is 5.40. The number of aromatic nitrogens is 3. The van der Waals surface area contributed by atoms with Crippen LogP contribution in [0.15, 0.2) is 0 Å². The molecule has 0 spiro atoms. The van der Waals surface area contributed by atoms with Crippen molar-refractivity contribution in [1.82, 2.24) is 14.8 Å². The molecule has 0 aliphatic heterocycles. The third-order valence-electron chi connectivity index (χ3n) is 4.17. The highest BCUT2D eigenvalue weighted by Gasteiger charge is 2.27. The topological polar surface area (TPSA) is 36.9 Å². The Morgan fingerprint density at radius 2 is 1.95 bits per heavy atom. The Labute approximate surface area is 127 Å². The SMILES string of the molecule is CC(C)CCN(c1n[nH]c(=S)n1C(C)C)C1CCCC1. The van der Waals surface area contributed by atoms with Gasteiger partial charge in [-0.05, 0) is 51.2 Å². The van der Waals surface area contributed by atoms with Crippen molar-refractivity contribution in [2.24, 2.45) is 5.92 Å². The first-order valence-electron chi connectivity index (χ1n) is 7.94. The van der Waals surface area contributed by atoms with Crippen LogP contribution in [0.2, 0.25) is 0 Å². The molecule has 1 saturated carbocycles. The van der Waals surface area contributed by atoms with Crippen LogP contribution in [0.5, 0.6) is 0 Å². The Hall–Kier alpha value is -0.840. The molecule has 1 aliphatic rings. The van der Waals surface area contributed by atoms with Crippen molar-refractivity contribution < 1.29 is 0 Å². The average Bonchev–Trinajstić information content (AvgIpc) is 2.99. The van der Waals surface area contributed by atoms with E-state index in [0.717, 1.165) is 17.3 Å². The third-order valence-corrected chi connectivity index (χ3v) is 4.46. The van der Waals surface area contributed by atoms with E-state index in [1.807, 2.05) is 0 Å². The molecule has 1 fully saturated rings. The number of nitrogens with zero attached hydrogens (tertiary/aromatic N) is 3. The molecule has 1 N–H and O–H groups in total. The second kappa shape index (κ2) is 6.74. The Kier molecular flexibility index (Phi) is 5.24. The molecule has 1 aromatic rings. The van der Waals surface area contributed by atoms with Crippen molar-refractivity contribution in [3.63, 3.8) is 0 Å². The van der Waals surface area contributed by atoms with Gasteiger partial charge in [0.1, 0.15) is 0 Å². The fraction of sp³-hybridized carbons (Fsp3) is 0.867. The van der Waals surface area contributed by atoms with Crippen LogP contribution < -0.4 is 4.90 Å². The second-order valence-electron chi connectivity index (χ2n) is 6.61. The van der Waals surface area contributed by atoms with E-state index >= 15 is 0 Å². The molecule has 2 rings (SSSR count). The van der Waals surface area contributed by atoms with Crippen molar-refractivity contribution in [2.45, 2.75) is 71.9 Å². The number of rotatable bonds is 6. The molecular formula is C15H28N4S. The van der Waals surface area contributed by atoms with Crippen molar-refractivity contribution in [2.75, 3.05) is 11.4 Å². The van der Waals surface area contributed by atoms with Gasteiger partial charge in [0.05, 0.1) is 0 Å². The van der Waals surface area contributed by atoms with Gasteiger partial charge in [-0.15, -0.1) is 5.10 Å². The summed E-state index contributed by atoms with van der Waals surface area (Å²) < 4.78 is 2.90. The highest BCUT2D eigenvalue weighted by molar-refractivity contribution is 7.71. The fourth-order valence-electron chi connectivity index (χ4n) is 3.02. The minimum absolute atomic E-state index is 0.346. The van der Waals surface area contributed by atoms with Gasteiger partial charge in [0.25, 0.3) is 0 Å². The molecule has 0 atom stereocenters. The van der Waals surface area contributed by atoms with Gasteiger partial charge in [-0.3, -0.25) is 4.57 Å². The zero-order chi connectivity index (χ0) is 14.7. The zero-order valence-corrected chi connectivity index (χ0v) is 14.0. The summed E-state index contributed by atoms with van der Waals surface area (Å²) in [7, 11) is 0. The predicted octanol–water partition coefficient (Wildman–Crippen LogP) is 4.32. The van der Waals surface area contributed by atoms with Crippen LogP contribution in [-0.2, 0) is 0 Å². The Morgan fingerprint density at radius 1 is 1.30 bits per heavy atom. The van der Waals surface area contributed by atoms with E-state index in [-0.39, 0.29) is 0 Å². The number of hydrogen-bond acceptors (Lipinski definition) is 3. The molecule has 0 bridgehead atoms. The second-order valence-corrected chi connectivity index (χ2v) is 6.99. The molecular weight excluding hydrogens is 268 g/mol. The average molecular weight is 296 g/mol. The summed E-state index contributed by atoms with van der Waals surface area (Å²) in [5, 5.41) is 7.52. The van der Waals surface area contributed by atoms with Crippen molar-refractivity contribution >= 4 is 18.2 Å². The van der Waals surface area contributed by atoms with Gasteiger partial charge in [0.2, 0.25) is 5.95 Å². The Morgan fingerprint density at radius 3 is 2.50 bits per heavy atom. The van der Waals surface area contributed by atoms with Gasteiger partial charge >= 0.3 is 0 Å². The van der Waals surface area contributed by atoms with Gasteiger partial charge in [0, 0.05) is 18.6 Å². The first-order valence-corrected chi connectivity index (χ1v) is 8.35. The quantitative estimate of drug-likeness (QED) is 0.794. The first kappa shape index (κ1) is 15.5. The summed E-state index contributed by atoms with van der Waals surface area (Å²) in [4.78, 5) is 2.50. The van der Waals surface area contributed by atoms with E-state index in [0.29, 0.717) is 18.0 Å². The van der Waals surface area contributed by atoms with Crippen LogP contribution in [0.3, 0.4) is 0 Å². The summed E-state index contributed by atoms with van der Waals surface area (Å²) in [6.45, 7) is 9.99. The molecule has 0 aromatic carbocycles. The molecule has 0 amide bonds. The van der Waals surface area contributed by atoms with Crippen LogP contribution in [0.25, 0.3) is 0 Å². The standard InChI is InChI=1S/C15H28N4S/c1-11(2)9-10-18(13-7-5-6-8-13)14-16-17-15(20)19(14)12(3)4/h11-13H,5-10H2,1-4H3,(H,17,20). The Balaban J connectivity index is 2.27. The summed E-state index contributed by atoms with van der Waals surface area (Å²) >= 11 is 5.40.